The van der Waals surface area contributed by atoms with Crippen molar-refractivity contribution in [2.75, 3.05) is 0 Å². The van der Waals surface area contributed by atoms with Gasteiger partial charge in [-0.15, -0.1) is 0 Å². The van der Waals surface area contributed by atoms with E-state index < -0.39 is 18.3 Å². The molecule has 0 N–H and O–H groups in total. The minimum absolute atomic E-state index is 0.130. The smallest absolute Gasteiger partial charge is 0.399 e. The molecule has 3 rings (SSSR count). The van der Waals surface area contributed by atoms with Gasteiger partial charge in [0.15, 0.2) is 0 Å². The third-order valence-corrected chi connectivity index (χ3v) is 6.76. The van der Waals surface area contributed by atoms with Gasteiger partial charge in [0.25, 0.3) is 5.69 Å². The fourth-order valence-electron chi connectivity index (χ4n) is 3.29. The molecule has 0 saturated carbocycles. The van der Waals surface area contributed by atoms with Crippen molar-refractivity contribution in [3.05, 3.63) is 66.8 Å². The maximum Gasteiger partial charge on any atom is 0.495 e. The quantitative estimate of drug-likeness (QED) is 0.265. The van der Waals surface area contributed by atoms with Crippen molar-refractivity contribution in [1.29, 1.82) is 0 Å². The Morgan fingerprint density at radius 1 is 1.00 bits per heavy atom. The summed E-state index contributed by atoms with van der Waals surface area (Å²) in [6, 6.07) is 11.3. The molecule has 7 heteroatoms. The predicted molar refractivity (Wildman–Crippen MR) is 120 cm³/mol. The van der Waals surface area contributed by atoms with E-state index in [9.17, 15) is 10.1 Å². The van der Waals surface area contributed by atoms with E-state index >= 15 is 0 Å². The van der Waals surface area contributed by atoms with Gasteiger partial charge in [-0.25, -0.2) is 0 Å². The van der Waals surface area contributed by atoms with Crippen molar-refractivity contribution in [1.82, 2.24) is 0 Å². The highest BCUT2D eigenvalue weighted by atomic mass is 127. The average molecular weight is 493 g/mol. The van der Waals surface area contributed by atoms with Crippen LogP contribution in [0.1, 0.15) is 44.4 Å². The van der Waals surface area contributed by atoms with E-state index in [1.54, 1.807) is 18.2 Å². The normalized spacial score (nSPS) is 17.7. The lowest BCUT2D eigenvalue weighted by Crippen LogP contribution is -2.41. The second-order valence-electron chi connectivity index (χ2n) is 8.32. The molecule has 0 aromatic heterocycles. The van der Waals surface area contributed by atoms with Crippen LogP contribution in [0.5, 0.6) is 0 Å². The molecule has 1 fully saturated rings. The molecule has 0 amide bonds. The fraction of sp³-hybridized carbons (Fsp3) is 0.429. The number of nitrogens with zero attached hydrogens (tertiary/aromatic N) is 1. The molecule has 2 aromatic carbocycles. The van der Waals surface area contributed by atoms with E-state index in [4.69, 9.17) is 9.31 Å². The SMILES string of the molecule is Cc1ccc(B2OC(C)(C)C(C)(C)O2)c(CCc2cc([N+](=O)[O-])ccc2I)c1. The van der Waals surface area contributed by atoms with Gasteiger partial charge in [-0.1, -0.05) is 23.8 Å². The number of rotatable bonds is 5. The molecular formula is C21H25BINO4. The number of benzene rings is 2. The maximum atomic E-state index is 11.1. The molecule has 0 bridgehead atoms. The van der Waals surface area contributed by atoms with Gasteiger partial charge in [-0.3, -0.25) is 10.1 Å². The molecule has 0 aliphatic carbocycles. The molecule has 1 saturated heterocycles. The zero-order chi connectivity index (χ0) is 20.7. The summed E-state index contributed by atoms with van der Waals surface area (Å²) in [4.78, 5) is 10.8. The highest BCUT2D eigenvalue weighted by molar-refractivity contribution is 14.1. The molecule has 28 heavy (non-hydrogen) atoms. The van der Waals surface area contributed by atoms with Crippen LogP contribution in [0.4, 0.5) is 5.69 Å². The lowest BCUT2D eigenvalue weighted by atomic mass is 9.74. The Bertz CT molecular complexity index is 897. The molecule has 0 radical (unpaired) electrons. The van der Waals surface area contributed by atoms with Gasteiger partial charge < -0.3 is 9.31 Å². The second kappa shape index (κ2) is 7.76. The summed E-state index contributed by atoms with van der Waals surface area (Å²) < 4.78 is 13.5. The summed E-state index contributed by atoms with van der Waals surface area (Å²) in [6.07, 6.45) is 1.48. The summed E-state index contributed by atoms with van der Waals surface area (Å²) in [7, 11) is -0.412. The van der Waals surface area contributed by atoms with Crippen LogP contribution >= 0.6 is 22.6 Å². The van der Waals surface area contributed by atoms with E-state index in [0.717, 1.165) is 33.0 Å². The number of halogens is 1. The van der Waals surface area contributed by atoms with Crippen molar-refractivity contribution in [2.24, 2.45) is 0 Å². The summed E-state index contributed by atoms with van der Waals surface area (Å²) in [5, 5.41) is 11.1. The summed E-state index contributed by atoms with van der Waals surface area (Å²) in [5.41, 5.74) is 3.68. The van der Waals surface area contributed by atoms with Gasteiger partial charge >= 0.3 is 7.12 Å². The Morgan fingerprint density at radius 3 is 2.21 bits per heavy atom. The van der Waals surface area contributed by atoms with Crippen molar-refractivity contribution < 1.29 is 14.2 Å². The van der Waals surface area contributed by atoms with Gasteiger partial charge in [-0.2, -0.15) is 0 Å². The number of nitro benzene ring substituents is 1. The van der Waals surface area contributed by atoms with Gasteiger partial charge in [0.2, 0.25) is 0 Å². The number of aryl methyl sites for hydroxylation is 3. The first kappa shape index (κ1) is 21.3. The lowest BCUT2D eigenvalue weighted by molar-refractivity contribution is -0.384. The molecule has 148 valence electrons. The van der Waals surface area contributed by atoms with E-state index in [-0.39, 0.29) is 10.6 Å². The van der Waals surface area contributed by atoms with Crippen LogP contribution in [0.15, 0.2) is 36.4 Å². The molecule has 0 atom stereocenters. The lowest BCUT2D eigenvalue weighted by Gasteiger charge is -2.32. The highest BCUT2D eigenvalue weighted by Gasteiger charge is 2.52. The Morgan fingerprint density at radius 2 is 1.61 bits per heavy atom. The van der Waals surface area contributed by atoms with Gasteiger partial charge in [0.05, 0.1) is 16.1 Å². The standard InChI is InChI=1S/C21H25BINO4/c1-14-6-10-18(22-27-20(2,3)21(4,5)28-22)15(12-14)7-8-16-13-17(24(25)26)9-11-19(16)23/h6,9-13H,7-8H2,1-5H3. The second-order valence-corrected chi connectivity index (χ2v) is 9.49. The van der Waals surface area contributed by atoms with Crippen LogP contribution in [-0.4, -0.2) is 23.2 Å². The highest BCUT2D eigenvalue weighted by Crippen LogP contribution is 2.36. The van der Waals surface area contributed by atoms with Crippen molar-refractivity contribution >= 4 is 40.9 Å². The number of nitro groups is 1. The molecule has 0 unspecified atom stereocenters. The van der Waals surface area contributed by atoms with Crippen LogP contribution in [0.2, 0.25) is 0 Å². The summed E-state index contributed by atoms with van der Waals surface area (Å²) in [6.45, 7) is 10.3. The van der Waals surface area contributed by atoms with E-state index in [2.05, 4.69) is 47.7 Å². The zero-order valence-electron chi connectivity index (χ0n) is 16.9. The van der Waals surface area contributed by atoms with Crippen LogP contribution in [-0.2, 0) is 22.2 Å². The van der Waals surface area contributed by atoms with E-state index in [1.165, 1.54) is 5.56 Å². The van der Waals surface area contributed by atoms with Crippen molar-refractivity contribution in [3.8, 4) is 0 Å². The first-order chi connectivity index (χ1) is 13.0. The molecular weight excluding hydrogens is 468 g/mol. The third-order valence-electron chi connectivity index (χ3n) is 5.71. The number of hydrogen-bond donors (Lipinski definition) is 0. The fourth-order valence-corrected chi connectivity index (χ4v) is 3.89. The van der Waals surface area contributed by atoms with Crippen molar-refractivity contribution in [3.63, 3.8) is 0 Å². The van der Waals surface area contributed by atoms with E-state index in [0.29, 0.717) is 0 Å². The Kier molecular flexibility index (Phi) is 5.90. The van der Waals surface area contributed by atoms with Crippen LogP contribution in [0.3, 0.4) is 0 Å². The number of non-ortho nitro benzene ring substituents is 1. The van der Waals surface area contributed by atoms with Gasteiger partial charge in [0.1, 0.15) is 0 Å². The number of hydrogen-bond acceptors (Lipinski definition) is 4. The minimum Gasteiger partial charge on any atom is -0.399 e. The Balaban J connectivity index is 1.87. The minimum atomic E-state index is -0.412. The Hall–Kier alpha value is -1.45. The van der Waals surface area contributed by atoms with Crippen LogP contribution in [0.25, 0.3) is 0 Å². The van der Waals surface area contributed by atoms with Gasteiger partial charge in [-0.05, 0) is 92.7 Å². The summed E-state index contributed by atoms with van der Waals surface area (Å²) in [5.74, 6) is 0. The molecule has 1 aliphatic rings. The van der Waals surface area contributed by atoms with Crippen LogP contribution in [0, 0.1) is 20.6 Å². The van der Waals surface area contributed by atoms with Crippen LogP contribution < -0.4 is 5.46 Å². The maximum absolute atomic E-state index is 11.1. The summed E-state index contributed by atoms with van der Waals surface area (Å²) >= 11 is 2.23. The Labute approximate surface area is 180 Å². The third kappa shape index (κ3) is 4.26. The molecule has 0 spiro atoms. The molecule has 1 aliphatic heterocycles. The molecule has 5 nitrogen and oxygen atoms in total. The first-order valence-electron chi connectivity index (χ1n) is 9.38. The predicted octanol–water partition coefficient (Wildman–Crippen LogP) is 4.59. The molecule has 2 aromatic rings. The average Bonchev–Trinajstić information content (AvgIpc) is 2.81. The van der Waals surface area contributed by atoms with E-state index in [1.807, 2.05) is 27.7 Å². The largest absolute Gasteiger partial charge is 0.495 e. The molecule has 1 heterocycles. The topological polar surface area (TPSA) is 61.6 Å². The monoisotopic (exact) mass is 493 g/mol. The zero-order valence-corrected chi connectivity index (χ0v) is 19.1. The van der Waals surface area contributed by atoms with Gasteiger partial charge in [0, 0.05) is 15.7 Å². The first-order valence-corrected chi connectivity index (χ1v) is 10.5. The van der Waals surface area contributed by atoms with Crippen molar-refractivity contribution in [2.45, 2.75) is 58.7 Å².